The van der Waals surface area contributed by atoms with Gasteiger partial charge in [0.15, 0.2) is 11.6 Å². The fourth-order valence-corrected chi connectivity index (χ4v) is 2.31. The Labute approximate surface area is 77.7 Å². The van der Waals surface area contributed by atoms with Gasteiger partial charge in [-0.25, -0.2) is 0 Å². The topological polar surface area (TPSA) is 27.7 Å². The molecule has 13 heavy (non-hydrogen) atoms. The third-order valence-electron chi connectivity index (χ3n) is 2.97. The molecule has 3 aliphatic heterocycles. The molecule has 2 fully saturated rings. The van der Waals surface area contributed by atoms with Crippen molar-refractivity contribution in [1.82, 2.24) is 0 Å². The zero-order chi connectivity index (χ0) is 8.78. The van der Waals surface area contributed by atoms with Crippen molar-refractivity contribution in [3.05, 3.63) is 12.2 Å². The van der Waals surface area contributed by atoms with Crippen LogP contribution in [0.2, 0.25) is 0 Å². The molecule has 0 N–H and O–H groups in total. The molecule has 72 valence electrons. The monoisotopic (exact) mass is 182 g/mol. The molecule has 2 atom stereocenters. The second kappa shape index (κ2) is 2.56. The van der Waals surface area contributed by atoms with Crippen LogP contribution in [0, 0.1) is 0 Å². The summed E-state index contributed by atoms with van der Waals surface area (Å²) in [6, 6.07) is 0. The lowest BCUT2D eigenvalue weighted by Gasteiger charge is -2.28. The molecule has 3 nitrogen and oxygen atoms in total. The van der Waals surface area contributed by atoms with E-state index >= 15 is 0 Å². The van der Waals surface area contributed by atoms with Crippen LogP contribution in [0.25, 0.3) is 0 Å². The Morgan fingerprint density at radius 2 is 1.38 bits per heavy atom. The van der Waals surface area contributed by atoms with Crippen molar-refractivity contribution in [2.24, 2.45) is 0 Å². The first-order valence-electron chi connectivity index (χ1n) is 5.01. The molecule has 2 saturated heterocycles. The van der Waals surface area contributed by atoms with Gasteiger partial charge in [0.25, 0.3) is 0 Å². The van der Waals surface area contributed by atoms with Gasteiger partial charge in [0.1, 0.15) is 0 Å². The molecule has 3 heteroatoms. The molecule has 3 heterocycles. The van der Waals surface area contributed by atoms with Gasteiger partial charge in [0.2, 0.25) is 0 Å². The van der Waals surface area contributed by atoms with E-state index < -0.39 is 11.6 Å². The first-order chi connectivity index (χ1) is 6.33. The van der Waals surface area contributed by atoms with Crippen LogP contribution >= 0.6 is 0 Å². The molecule has 0 radical (unpaired) electrons. The van der Waals surface area contributed by atoms with Crippen LogP contribution in [0.4, 0.5) is 0 Å². The predicted molar refractivity (Wildman–Crippen MR) is 46.1 cm³/mol. The Kier molecular flexibility index (Phi) is 1.57. The lowest BCUT2D eigenvalue weighted by molar-refractivity contribution is -0.279. The van der Waals surface area contributed by atoms with E-state index in [4.69, 9.17) is 14.2 Å². The van der Waals surface area contributed by atoms with E-state index in [-0.39, 0.29) is 0 Å². The van der Waals surface area contributed by atoms with Crippen molar-refractivity contribution in [3.63, 3.8) is 0 Å². The highest BCUT2D eigenvalue weighted by Gasteiger charge is 2.49. The summed E-state index contributed by atoms with van der Waals surface area (Å²) in [7, 11) is 0. The largest absolute Gasteiger partial charge is 0.346 e. The summed E-state index contributed by atoms with van der Waals surface area (Å²) >= 11 is 0. The van der Waals surface area contributed by atoms with Crippen LogP contribution in [0.5, 0.6) is 0 Å². The normalized spacial score (nSPS) is 48.6. The highest BCUT2D eigenvalue weighted by Crippen LogP contribution is 2.43. The van der Waals surface area contributed by atoms with Crippen LogP contribution in [0.1, 0.15) is 25.7 Å². The molecule has 0 bridgehead atoms. The third kappa shape index (κ3) is 1.15. The summed E-state index contributed by atoms with van der Waals surface area (Å²) in [6.07, 6.45) is 8.17. The third-order valence-corrected chi connectivity index (χ3v) is 2.97. The SMILES string of the molecule is C1=C[C@]2(CCCO2)O[C@@]12CCCO2. The summed E-state index contributed by atoms with van der Waals surface area (Å²) < 4.78 is 17.1. The lowest BCUT2D eigenvalue weighted by atomic mass is 10.2. The molecule has 0 aromatic carbocycles. The van der Waals surface area contributed by atoms with Gasteiger partial charge in [-0.15, -0.1) is 0 Å². The van der Waals surface area contributed by atoms with E-state index in [0.717, 1.165) is 38.9 Å². The maximum absolute atomic E-state index is 5.90. The summed E-state index contributed by atoms with van der Waals surface area (Å²) in [4.78, 5) is 0. The highest BCUT2D eigenvalue weighted by atomic mass is 16.8. The minimum atomic E-state index is -0.440. The molecule has 0 amide bonds. The Hall–Kier alpha value is -0.380. The van der Waals surface area contributed by atoms with E-state index in [1.807, 2.05) is 12.2 Å². The van der Waals surface area contributed by atoms with Gasteiger partial charge in [-0.3, -0.25) is 0 Å². The first-order valence-corrected chi connectivity index (χ1v) is 5.01. The van der Waals surface area contributed by atoms with E-state index in [0.29, 0.717) is 0 Å². The van der Waals surface area contributed by atoms with Crippen LogP contribution in [-0.2, 0) is 14.2 Å². The van der Waals surface area contributed by atoms with Crippen LogP contribution in [-0.4, -0.2) is 24.8 Å². The molecule has 3 aliphatic rings. The molecule has 2 spiro atoms. The van der Waals surface area contributed by atoms with Crippen molar-refractivity contribution < 1.29 is 14.2 Å². The van der Waals surface area contributed by atoms with Gasteiger partial charge in [-0.1, -0.05) is 0 Å². The van der Waals surface area contributed by atoms with Gasteiger partial charge in [-0.05, 0) is 25.0 Å². The van der Waals surface area contributed by atoms with Crippen molar-refractivity contribution in [1.29, 1.82) is 0 Å². The maximum atomic E-state index is 5.90. The van der Waals surface area contributed by atoms with Crippen molar-refractivity contribution >= 4 is 0 Å². The first kappa shape index (κ1) is 7.97. The predicted octanol–water partition coefficient (Wildman–Crippen LogP) is 1.59. The van der Waals surface area contributed by atoms with E-state index in [1.54, 1.807) is 0 Å². The van der Waals surface area contributed by atoms with Gasteiger partial charge in [-0.2, -0.15) is 0 Å². The van der Waals surface area contributed by atoms with Gasteiger partial charge in [0, 0.05) is 12.8 Å². The fraction of sp³-hybridized carbons (Fsp3) is 0.800. The number of hydrogen-bond acceptors (Lipinski definition) is 3. The molecular weight excluding hydrogens is 168 g/mol. The number of ether oxygens (including phenoxy) is 3. The van der Waals surface area contributed by atoms with Gasteiger partial charge in [0.05, 0.1) is 13.2 Å². The van der Waals surface area contributed by atoms with Crippen molar-refractivity contribution in [2.45, 2.75) is 37.3 Å². The van der Waals surface area contributed by atoms with E-state index in [2.05, 4.69) is 0 Å². The zero-order valence-corrected chi connectivity index (χ0v) is 7.62. The minimum absolute atomic E-state index is 0.440. The van der Waals surface area contributed by atoms with Crippen LogP contribution in [0.3, 0.4) is 0 Å². The molecule has 0 saturated carbocycles. The Bertz CT molecular complexity index is 211. The summed E-state index contributed by atoms with van der Waals surface area (Å²) in [5.74, 6) is -0.880. The zero-order valence-electron chi connectivity index (χ0n) is 7.62. The molecule has 0 aromatic heterocycles. The molecular formula is C10H14O3. The summed E-state index contributed by atoms with van der Waals surface area (Å²) in [6.45, 7) is 1.61. The number of rotatable bonds is 0. The Balaban J connectivity index is 1.81. The standard InChI is InChI=1S/C10H14O3/c1-3-9(11-7-1)5-6-10(13-9)4-2-8-12-10/h5-6H,1-4,7-8H2/t9-,10-/m0/s1. The van der Waals surface area contributed by atoms with E-state index in [1.165, 1.54) is 0 Å². The molecule has 0 aliphatic carbocycles. The lowest BCUT2D eigenvalue weighted by Crippen LogP contribution is -2.35. The second-order valence-corrected chi connectivity index (χ2v) is 3.96. The second-order valence-electron chi connectivity index (χ2n) is 3.96. The van der Waals surface area contributed by atoms with Crippen LogP contribution < -0.4 is 0 Å². The Morgan fingerprint density at radius 3 is 1.77 bits per heavy atom. The van der Waals surface area contributed by atoms with Gasteiger partial charge < -0.3 is 14.2 Å². The quantitative estimate of drug-likeness (QED) is 0.532. The van der Waals surface area contributed by atoms with E-state index in [9.17, 15) is 0 Å². The Morgan fingerprint density at radius 1 is 0.846 bits per heavy atom. The minimum Gasteiger partial charge on any atom is -0.346 e. The number of hydrogen-bond donors (Lipinski definition) is 0. The summed E-state index contributed by atoms with van der Waals surface area (Å²) in [5, 5.41) is 0. The molecule has 3 rings (SSSR count). The molecule has 0 unspecified atom stereocenters. The van der Waals surface area contributed by atoms with Crippen molar-refractivity contribution in [2.75, 3.05) is 13.2 Å². The van der Waals surface area contributed by atoms with Crippen LogP contribution in [0.15, 0.2) is 12.2 Å². The smallest absolute Gasteiger partial charge is 0.191 e. The average molecular weight is 182 g/mol. The fourth-order valence-electron chi connectivity index (χ4n) is 2.31. The maximum Gasteiger partial charge on any atom is 0.191 e. The molecule has 0 aromatic rings. The average Bonchev–Trinajstić information content (AvgIpc) is 2.81. The summed E-state index contributed by atoms with van der Waals surface area (Å²) in [5.41, 5.74) is 0. The highest BCUT2D eigenvalue weighted by molar-refractivity contribution is 5.13. The van der Waals surface area contributed by atoms with Gasteiger partial charge >= 0.3 is 0 Å². The van der Waals surface area contributed by atoms with Crippen molar-refractivity contribution in [3.8, 4) is 0 Å².